The number of thiazole rings is 1. The zero-order valence-corrected chi connectivity index (χ0v) is 13.3. The van der Waals surface area contributed by atoms with Gasteiger partial charge in [0.2, 0.25) is 0 Å². The summed E-state index contributed by atoms with van der Waals surface area (Å²) in [4.78, 5) is 17.0. The van der Waals surface area contributed by atoms with Gasteiger partial charge in [0, 0.05) is 12.6 Å². The van der Waals surface area contributed by atoms with Crippen LogP contribution in [0.3, 0.4) is 0 Å². The largest absolute Gasteiger partial charge is 0.382 e. The molecule has 0 bridgehead atoms. The van der Waals surface area contributed by atoms with Crippen molar-refractivity contribution in [1.29, 1.82) is 0 Å². The number of nitrogens with two attached hydrogens (primary N) is 1. The first-order valence-corrected chi connectivity index (χ1v) is 8.74. The Morgan fingerprint density at radius 1 is 1.29 bits per heavy atom. The summed E-state index contributed by atoms with van der Waals surface area (Å²) in [5.41, 5.74) is 5.86. The van der Waals surface area contributed by atoms with Crippen LogP contribution in [0.4, 0.5) is 10.9 Å². The minimum atomic E-state index is -0.0764. The number of rotatable bonds is 5. The van der Waals surface area contributed by atoms with Crippen LogP contribution in [-0.4, -0.2) is 23.5 Å². The number of nitrogens with one attached hydrogen (secondary N) is 2. The third-order valence-electron chi connectivity index (χ3n) is 4.45. The lowest BCUT2D eigenvalue weighted by atomic mass is 9.83. The van der Waals surface area contributed by atoms with Crippen LogP contribution in [0.15, 0.2) is 0 Å². The number of carbonyl (C=O) groups is 1. The maximum absolute atomic E-state index is 12.2. The minimum Gasteiger partial charge on any atom is -0.382 e. The fourth-order valence-electron chi connectivity index (χ4n) is 2.81. The normalized spacial score (nSPS) is 25.6. The summed E-state index contributed by atoms with van der Waals surface area (Å²) < 4.78 is 0. The lowest BCUT2D eigenvalue weighted by Gasteiger charge is -2.26. The molecule has 2 aliphatic carbocycles. The first-order chi connectivity index (χ1) is 10.1. The van der Waals surface area contributed by atoms with Gasteiger partial charge >= 0.3 is 0 Å². The minimum absolute atomic E-state index is 0.0764. The van der Waals surface area contributed by atoms with Crippen LogP contribution in [0.1, 0.15) is 55.1 Å². The smallest absolute Gasteiger partial charge is 0.265 e. The van der Waals surface area contributed by atoms with Gasteiger partial charge in [0.15, 0.2) is 5.13 Å². The molecule has 0 atom stereocenters. The molecule has 2 fully saturated rings. The number of carbonyl (C=O) groups excluding carboxylic acids is 1. The summed E-state index contributed by atoms with van der Waals surface area (Å²) in [6, 6.07) is 0.524. The van der Waals surface area contributed by atoms with E-state index < -0.39 is 0 Å². The molecule has 1 heterocycles. The van der Waals surface area contributed by atoms with Gasteiger partial charge in [-0.15, -0.1) is 0 Å². The van der Waals surface area contributed by atoms with E-state index in [1.807, 2.05) is 0 Å². The number of amides is 1. The molecule has 1 amide bonds. The lowest BCUT2D eigenvalue weighted by molar-refractivity contribution is 0.0946. The van der Waals surface area contributed by atoms with E-state index in [0.717, 1.165) is 17.6 Å². The first-order valence-electron chi connectivity index (χ1n) is 7.93. The molecule has 1 aromatic rings. The van der Waals surface area contributed by atoms with Crippen molar-refractivity contribution in [2.45, 2.75) is 51.5 Å². The fraction of sp³-hybridized carbons (Fsp3) is 0.733. The first kappa shape index (κ1) is 14.6. The standard InChI is InChI=1S/C15H24N4OS/c1-9-2-4-10(5-3-9)8-17-14(20)12-13(16)19-15(21-12)18-11-6-7-11/h9-11H,2-8,16H2,1H3,(H,17,20)(H,18,19). The quantitative estimate of drug-likeness (QED) is 0.781. The van der Waals surface area contributed by atoms with Crippen LogP contribution in [0.2, 0.25) is 0 Å². The van der Waals surface area contributed by atoms with Crippen LogP contribution in [0, 0.1) is 11.8 Å². The molecule has 0 aromatic carbocycles. The molecule has 2 saturated carbocycles. The molecule has 3 rings (SSSR count). The van der Waals surface area contributed by atoms with Crippen LogP contribution in [0.5, 0.6) is 0 Å². The van der Waals surface area contributed by atoms with Gasteiger partial charge in [0.1, 0.15) is 10.7 Å². The maximum Gasteiger partial charge on any atom is 0.265 e. The summed E-state index contributed by atoms with van der Waals surface area (Å²) in [5, 5.41) is 7.09. The number of nitrogen functional groups attached to an aromatic ring is 1. The van der Waals surface area contributed by atoms with Gasteiger partial charge in [0.25, 0.3) is 5.91 Å². The topological polar surface area (TPSA) is 80.0 Å². The Kier molecular flexibility index (Phi) is 4.33. The average molecular weight is 308 g/mol. The molecule has 0 aliphatic heterocycles. The van der Waals surface area contributed by atoms with E-state index in [1.54, 1.807) is 0 Å². The second-order valence-corrected chi connectivity index (χ2v) is 7.49. The molecule has 2 aliphatic rings. The number of aromatic nitrogens is 1. The predicted molar refractivity (Wildman–Crippen MR) is 86.6 cm³/mol. The van der Waals surface area contributed by atoms with Crippen molar-refractivity contribution >= 4 is 28.2 Å². The molecule has 5 nitrogen and oxygen atoms in total. The second-order valence-electron chi connectivity index (χ2n) is 6.49. The van der Waals surface area contributed by atoms with E-state index in [4.69, 9.17) is 5.73 Å². The van der Waals surface area contributed by atoms with Gasteiger partial charge < -0.3 is 16.4 Å². The zero-order valence-electron chi connectivity index (χ0n) is 12.5. The van der Waals surface area contributed by atoms with Crippen molar-refractivity contribution in [3.05, 3.63) is 4.88 Å². The molecule has 0 spiro atoms. The molecule has 4 N–H and O–H groups in total. The van der Waals surface area contributed by atoms with E-state index in [9.17, 15) is 4.79 Å². The van der Waals surface area contributed by atoms with Gasteiger partial charge in [0.05, 0.1) is 0 Å². The van der Waals surface area contributed by atoms with Crippen molar-refractivity contribution in [2.24, 2.45) is 11.8 Å². The Balaban J connectivity index is 1.51. The molecular weight excluding hydrogens is 284 g/mol. The maximum atomic E-state index is 12.2. The summed E-state index contributed by atoms with van der Waals surface area (Å²) in [5.74, 6) is 1.72. The molecule has 116 valence electrons. The molecular formula is C15H24N4OS. The van der Waals surface area contributed by atoms with Gasteiger partial charge in [-0.1, -0.05) is 31.1 Å². The Hall–Kier alpha value is -1.30. The SMILES string of the molecule is CC1CCC(CNC(=O)c2sc(NC3CC3)nc2N)CC1. The molecule has 0 saturated heterocycles. The molecule has 0 radical (unpaired) electrons. The van der Waals surface area contributed by atoms with Crippen LogP contribution >= 0.6 is 11.3 Å². The molecule has 21 heavy (non-hydrogen) atoms. The number of hydrogen-bond acceptors (Lipinski definition) is 5. The van der Waals surface area contributed by atoms with E-state index >= 15 is 0 Å². The Labute approximate surface area is 129 Å². The van der Waals surface area contributed by atoms with E-state index in [0.29, 0.717) is 22.7 Å². The summed E-state index contributed by atoms with van der Waals surface area (Å²) >= 11 is 1.36. The third-order valence-corrected chi connectivity index (χ3v) is 5.45. The summed E-state index contributed by atoms with van der Waals surface area (Å²) in [6.45, 7) is 3.06. The highest BCUT2D eigenvalue weighted by Crippen LogP contribution is 2.31. The number of anilines is 2. The van der Waals surface area contributed by atoms with Crippen LogP contribution in [0.25, 0.3) is 0 Å². The van der Waals surface area contributed by atoms with Gasteiger partial charge in [-0.2, -0.15) is 0 Å². The monoisotopic (exact) mass is 308 g/mol. The van der Waals surface area contributed by atoms with Crippen molar-refractivity contribution in [2.75, 3.05) is 17.6 Å². The molecule has 1 aromatic heterocycles. The Morgan fingerprint density at radius 2 is 2.00 bits per heavy atom. The predicted octanol–water partition coefficient (Wildman–Crippen LogP) is 2.86. The number of nitrogens with zero attached hydrogens (tertiary/aromatic N) is 1. The lowest BCUT2D eigenvalue weighted by Crippen LogP contribution is -2.31. The van der Waals surface area contributed by atoms with Gasteiger partial charge in [-0.05, 0) is 37.5 Å². The Bertz CT molecular complexity index is 504. The molecule has 0 unspecified atom stereocenters. The van der Waals surface area contributed by atoms with E-state index in [-0.39, 0.29) is 5.91 Å². The fourth-order valence-corrected chi connectivity index (χ4v) is 3.69. The van der Waals surface area contributed by atoms with Crippen LogP contribution < -0.4 is 16.4 Å². The average Bonchev–Trinajstić information content (AvgIpc) is 3.19. The molecule has 6 heteroatoms. The van der Waals surface area contributed by atoms with E-state index in [2.05, 4.69) is 22.5 Å². The highest BCUT2D eigenvalue weighted by molar-refractivity contribution is 7.18. The van der Waals surface area contributed by atoms with Crippen molar-refractivity contribution in [1.82, 2.24) is 10.3 Å². The van der Waals surface area contributed by atoms with Crippen molar-refractivity contribution in [3.8, 4) is 0 Å². The second kappa shape index (κ2) is 6.22. The summed E-state index contributed by atoms with van der Waals surface area (Å²) in [6.07, 6.45) is 7.35. The van der Waals surface area contributed by atoms with Crippen molar-refractivity contribution < 1.29 is 4.79 Å². The highest BCUT2D eigenvalue weighted by atomic mass is 32.1. The highest BCUT2D eigenvalue weighted by Gasteiger charge is 2.25. The Morgan fingerprint density at radius 3 is 2.67 bits per heavy atom. The zero-order chi connectivity index (χ0) is 14.8. The van der Waals surface area contributed by atoms with E-state index in [1.165, 1.54) is 49.9 Å². The van der Waals surface area contributed by atoms with Gasteiger partial charge in [-0.3, -0.25) is 4.79 Å². The van der Waals surface area contributed by atoms with Crippen LogP contribution in [-0.2, 0) is 0 Å². The number of hydrogen-bond donors (Lipinski definition) is 3. The third kappa shape index (κ3) is 3.87. The van der Waals surface area contributed by atoms with Crippen molar-refractivity contribution in [3.63, 3.8) is 0 Å². The van der Waals surface area contributed by atoms with Gasteiger partial charge in [-0.25, -0.2) is 4.98 Å². The summed E-state index contributed by atoms with van der Waals surface area (Å²) in [7, 11) is 0.